The van der Waals surface area contributed by atoms with Gasteiger partial charge in [-0.15, -0.1) is 0 Å². The zero-order valence-corrected chi connectivity index (χ0v) is 12.3. The molecule has 0 aromatic heterocycles. The fourth-order valence-electron chi connectivity index (χ4n) is 1.83. The molecule has 1 rings (SSSR count). The average Bonchev–Trinajstić information content (AvgIpc) is 2.38. The Hall–Kier alpha value is -1.56. The Kier molecular flexibility index (Phi) is 5.82. The monoisotopic (exact) mass is 330 g/mol. The van der Waals surface area contributed by atoms with Gasteiger partial charge in [-0.2, -0.15) is 0 Å². The molecular formula is C13H15BrO5. The summed E-state index contributed by atoms with van der Waals surface area (Å²) in [5.74, 6) is -0.0121. The smallest absolute Gasteiger partial charge is 0.303 e. The highest BCUT2D eigenvalue weighted by Gasteiger charge is 2.18. The van der Waals surface area contributed by atoms with E-state index in [4.69, 9.17) is 14.6 Å². The van der Waals surface area contributed by atoms with Crippen LogP contribution in [0.2, 0.25) is 0 Å². The van der Waals surface area contributed by atoms with Crippen LogP contribution in [-0.4, -0.2) is 31.6 Å². The van der Waals surface area contributed by atoms with Crippen LogP contribution in [0.15, 0.2) is 10.5 Å². The molecule has 104 valence electrons. The van der Waals surface area contributed by atoms with Gasteiger partial charge in [0.1, 0.15) is 0 Å². The van der Waals surface area contributed by atoms with Gasteiger partial charge in [-0.25, -0.2) is 0 Å². The molecule has 0 spiro atoms. The summed E-state index contributed by atoms with van der Waals surface area (Å²) in [7, 11) is 2.94. The summed E-state index contributed by atoms with van der Waals surface area (Å²) >= 11 is 3.37. The first-order chi connectivity index (χ1) is 9.04. The number of carboxylic acids is 1. The zero-order chi connectivity index (χ0) is 14.4. The number of halogens is 1. The summed E-state index contributed by atoms with van der Waals surface area (Å²) in [5, 5.41) is 8.66. The molecule has 0 aliphatic heterocycles. The molecule has 0 fully saturated rings. The number of benzene rings is 1. The molecule has 0 saturated heterocycles. The van der Waals surface area contributed by atoms with E-state index in [1.807, 2.05) is 0 Å². The molecule has 5 nitrogen and oxygen atoms in total. The third-order valence-electron chi connectivity index (χ3n) is 2.67. The Bertz CT molecular complexity index is 484. The van der Waals surface area contributed by atoms with Gasteiger partial charge in [0.15, 0.2) is 17.8 Å². The van der Waals surface area contributed by atoms with Crippen LogP contribution in [0.25, 0.3) is 0 Å². The third kappa shape index (κ3) is 3.70. The summed E-state index contributed by atoms with van der Waals surface area (Å²) in [6.07, 6.45) is 1.76. The van der Waals surface area contributed by atoms with Crippen molar-refractivity contribution < 1.29 is 24.2 Å². The van der Waals surface area contributed by atoms with E-state index >= 15 is 0 Å². The molecule has 0 radical (unpaired) electrons. The molecule has 6 heteroatoms. The van der Waals surface area contributed by atoms with Crippen LogP contribution < -0.4 is 9.47 Å². The van der Waals surface area contributed by atoms with E-state index in [9.17, 15) is 9.59 Å². The standard InChI is InChI=1S/C13H15BrO5/c1-18-12-8(7-15)6-10(14)9(13(12)19-2)4-3-5-11(16)17/h6-7H,3-5H2,1-2H3,(H,16,17). The van der Waals surface area contributed by atoms with E-state index in [1.54, 1.807) is 6.07 Å². The molecule has 0 atom stereocenters. The van der Waals surface area contributed by atoms with Crippen LogP contribution in [0, 0.1) is 0 Å². The summed E-state index contributed by atoms with van der Waals surface area (Å²) in [4.78, 5) is 21.5. The Balaban J connectivity index is 3.15. The minimum absolute atomic E-state index is 0.0767. The van der Waals surface area contributed by atoms with Crippen molar-refractivity contribution in [1.29, 1.82) is 0 Å². The second-order valence-electron chi connectivity index (χ2n) is 3.86. The SMILES string of the molecule is COc1c(C=O)cc(Br)c(CCCC(=O)O)c1OC. The number of ether oxygens (including phenoxy) is 2. The minimum Gasteiger partial charge on any atom is -0.493 e. The van der Waals surface area contributed by atoms with E-state index in [0.717, 1.165) is 5.56 Å². The molecule has 0 aliphatic carbocycles. The van der Waals surface area contributed by atoms with Crippen molar-refractivity contribution in [3.05, 3.63) is 21.7 Å². The number of aldehydes is 1. The molecule has 1 N–H and O–H groups in total. The lowest BCUT2D eigenvalue weighted by Crippen LogP contribution is -2.02. The quantitative estimate of drug-likeness (QED) is 0.778. The van der Waals surface area contributed by atoms with E-state index in [2.05, 4.69) is 15.9 Å². The van der Waals surface area contributed by atoms with Crippen molar-refractivity contribution in [1.82, 2.24) is 0 Å². The molecule has 0 unspecified atom stereocenters. The molecule has 19 heavy (non-hydrogen) atoms. The van der Waals surface area contributed by atoms with Crippen LogP contribution in [0.4, 0.5) is 0 Å². The van der Waals surface area contributed by atoms with Gasteiger partial charge in [-0.3, -0.25) is 9.59 Å². The number of hydrogen-bond donors (Lipinski definition) is 1. The molecule has 0 saturated carbocycles. The summed E-state index contributed by atoms with van der Waals surface area (Å²) in [6, 6.07) is 1.64. The van der Waals surface area contributed by atoms with Gasteiger partial charge < -0.3 is 14.6 Å². The minimum atomic E-state index is -0.841. The van der Waals surface area contributed by atoms with Crippen molar-refractivity contribution in [2.45, 2.75) is 19.3 Å². The third-order valence-corrected chi connectivity index (χ3v) is 3.37. The van der Waals surface area contributed by atoms with Gasteiger partial charge in [0.25, 0.3) is 0 Å². The molecule has 0 heterocycles. The number of aliphatic carboxylic acids is 1. The fourth-order valence-corrected chi connectivity index (χ4v) is 2.45. The van der Waals surface area contributed by atoms with Crippen molar-refractivity contribution in [3.63, 3.8) is 0 Å². The predicted octanol–water partition coefficient (Wildman–Crippen LogP) is 2.69. The first-order valence-electron chi connectivity index (χ1n) is 5.65. The van der Waals surface area contributed by atoms with Crippen LogP contribution in [-0.2, 0) is 11.2 Å². The Morgan fingerprint density at radius 2 is 2.00 bits per heavy atom. The summed E-state index contributed by atoms with van der Waals surface area (Å²) in [6.45, 7) is 0. The molecule has 0 bridgehead atoms. The number of carbonyl (C=O) groups is 2. The van der Waals surface area contributed by atoms with Crippen LogP contribution in [0.1, 0.15) is 28.8 Å². The van der Waals surface area contributed by atoms with Crippen LogP contribution >= 0.6 is 15.9 Å². The average molecular weight is 331 g/mol. The van der Waals surface area contributed by atoms with Crippen LogP contribution in [0.5, 0.6) is 11.5 Å². The normalized spacial score (nSPS) is 10.1. The molecule has 0 aliphatic rings. The van der Waals surface area contributed by atoms with Crippen molar-refractivity contribution in [3.8, 4) is 11.5 Å². The lowest BCUT2D eigenvalue weighted by molar-refractivity contribution is -0.137. The highest BCUT2D eigenvalue weighted by molar-refractivity contribution is 9.10. The highest BCUT2D eigenvalue weighted by atomic mass is 79.9. The van der Waals surface area contributed by atoms with Gasteiger partial charge >= 0.3 is 5.97 Å². The lowest BCUT2D eigenvalue weighted by Gasteiger charge is -2.16. The van der Waals surface area contributed by atoms with Crippen molar-refractivity contribution in [2.24, 2.45) is 0 Å². The number of methoxy groups -OCH3 is 2. The van der Waals surface area contributed by atoms with Gasteiger partial charge in [-0.1, -0.05) is 15.9 Å². The molecular weight excluding hydrogens is 316 g/mol. The highest BCUT2D eigenvalue weighted by Crippen LogP contribution is 2.39. The van der Waals surface area contributed by atoms with E-state index < -0.39 is 5.97 Å². The number of hydrogen-bond acceptors (Lipinski definition) is 4. The van der Waals surface area contributed by atoms with Crippen molar-refractivity contribution in [2.75, 3.05) is 14.2 Å². The second-order valence-corrected chi connectivity index (χ2v) is 4.71. The predicted molar refractivity (Wildman–Crippen MR) is 73.2 cm³/mol. The number of carbonyl (C=O) groups excluding carboxylic acids is 1. The Morgan fingerprint density at radius 3 is 2.47 bits per heavy atom. The Labute approximate surface area is 119 Å². The summed E-state index contributed by atoms with van der Waals surface area (Å²) < 4.78 is 11.2. The maximum Gasteiger partial charge on any atom is 0.303 e. The first-order valence-corrected chi connectivity index (χ1v) is 6.44. The van der Waals surface area contributed by atoms with E-state index in [0.29, 0.717) is 40.7 Å². The van der Waals surface area contributed by atoms with E-state index in [1.165, 1.54) is 14.2 Å². The van der Waals surface area contributed by atoms with Gasteiger partial charge in [0.05, 0.1) is 19.8 Å². The summed E-state index contributed by atoms with van der Waals surface area (Å²) in [5.41, 5.74) is 1.18. The number of rotatable bonds is 7. The topological polar surface area (TPSA) is 72.8 Å². The zero-order valence-electron chi connectivity index (χ0n) is 10.7. The van der Waals surface area contributed by atoms with Gasteiger partial charge in [0.2, 0.25) is 0 Å². The Morgan fingerprint density at radius 1 is 1.37 bits per heavy atom. The second kappa shape index (κ2) is 7.13. The first kappa shape index (κ1) is 15.5. The molecule has 0 amide bonds. The molecule has 1 aromatic rings. The largest absolute Gasteiger partial charge is 0.493 e. The van der Waals surface area contributed by atoms with Gasteiger partial charge in [-0.05, 0) is 18.9 Å². The maximum absolute atomic E-state index is 11.0. The number of carboxylic acid groups (broad SMARTS) is 1. The van der Waals surface area contributed by atoms with Gasteiger partial charge in [0, 0.05) is 16.5 Å². The fraction of sp³-hybridized carbons (Fsp3) is 0.385. The van der Waals surface area contributed by atoms with E-state index in [-0.39, 0.29) is 6.42 Å². The maximum atomic E-state index is 11.0. The van der Waals surface area contributed by atoms with Crippen LogP contribution in [0.3, 0.4) is 0 Å². The molecule has 1 aromatic carbocycles. The lowest BCUT2D eigenvalue weighted by atomic mass is 10.0. The van der Waals surface area contributed by atoms with Crippen molar-refractivity contribution >= 4 is 28.2 Å².